The zero-order valence-electron chi connectivity index (χ0n) is 14.1. The Morgan fingerprint density at radius 3 is 2.96 bits per heavy atom. The SMILES string of the molecule is CCc1ccccc1NC(=O)Nc1nnc(N2CCC[C@H](C)C2)s1. The average Bonchev–Trinajstić information content (AvgIpc) is 3.03. The van der Waals surface area contributed by atoms with Gasteiger partial charge < -0.3 is 10.2 Å². The summed E-state index contributed by atoms with van der Waals surface area (Å²) in [7, 11) is 0. The molecule has 2 amide bonds. The van der Waals surface area contributed by atoms with Gasteiger partial charge in [0.05, 0.1) is 0 Å². The summed E-state index contributed by atoms with van der Waals surface area (Å²) in [6.45, 7) is 6.33. The molecule has 1 aliphatic rings. The van der Waals surface area contributed by atoms with Gasteiger partial charge in [-0.15, -0.1) is 10.2 Å². The van der Waals surface area contributed by atoms with E-state index < -0.39 is 0 Å². The molecule has 3 rings (SSSR count). The second kappa shape index (κ2) is 7.61. The summed E-state index contributed by atoms with van der Waals surface area (Å²) in [6.07, 6.45) is 3.31. The minimum absolute atomic E-state index is 0.286. The summed E-state index contributed by atoms with van der Waals surface area (Å²) in [5.74, 6) is 0.674. The Labute approximate surface area is 146 Å². The fourth-order valence-corrected chi connectivity index (χ4v) is 3.73. The highest BCUT2D eigenvalue weighted by molar-refractivity contribution is 7.19. The standard InChI is InChI=1S/C17H23N5OS/c1-3-13-8-4-5-9-14(13)18-15(23)19-16-20-21-17(24-16)22-10-6-7-12(2)11-22/h4-5,8-9,12H,3,6-7,10-11H2,1-2H3,(H2,18,19,20,23)/t12-/m0/s1. The first kappa shape index (κ1) is 16.7. The van der Waals surface area contributed by atoms with Gasteiger partial charge in [-0.25, -0.2) is 4.79 Å². The molecule has 0 unspecified atom stereocenters. The van der Waals surface area contributed by atoms with Gasteiger partial charge in [-0.2, -0.15) is 0 Å². The normalized spacial score (nSPS) is 17.6. The van der Waals surface area contributed by atoms with Gasteiger partial charge in [0.25, 0.3) is 0 Å². The van der Waals surface area contributed by atoms with Crippen LogP contribution in [0.1, 0.15) is 32.3 Å². The predicted molar refractivity (Wildman–Crippen MR) is 99.0 cm³/mol. The Morgan fingerprint density at radius 1 is 1.33 bits per heavy atom. The fraction of sp³-hybridized carbons (Fsp3) is 0.471. The number of hydrogen-bond donors (Lipinski definition) is 2. The van der Waals surface area contributed by atoms with E-state index in [1.54, 1.807) is 0 Å². The van der Waals surface area contributed by atoms with Crippen LogP contribution in [0, 0.1) is 5.92 Å². The van der Waals surface area contributed by atoms with Crippen molar-refractivity contribution in [2.75, 3.05) is 28.6 Å². The summed E-state index contributed by atoms with van der Waals surface area (Å²) in [5, 5.41) is 15.4. The highest BCUT2D eigenvalue weighted by Crippen LogP contribution is 2.28. The summed E-state index contributed by atoms with van der Waals surface area (Å²) >= 11 is 1.42. The van der Waals surface area contributed by atoms with E-state index in [4.69, 9.17) is 0 Å². The van der Waals surface area contributed by atoms with E-state index in [-0.39, 0.29) is 6.03 Å². The van der Waals surface area contributed by atoms with E-state index in [0.717, 1.165) is 35.9 Å². The van der Waals surface area contributed by atoms with Gasteiger partial charge in [-0.05, 0) is 36.8 Å². The molecule has 2 aromatic rings. The van der Waals surface area contributed by atoms with Crippen molar-refractivity contribution >= 4 is 33.3 Å². The topological polar surface area (TPSA) is 70.1 Å². The molecule has 0 spiro atoms. The van der Waals surface area contributed by atoms with Crippen molar-refractivity contribution in [3.63, 3.8) is 0 Å². The van der Waals surface area contributed by atoms with Crippen LogP contribution in [0.25, 0.3) is 0 Å². The van der Waals surface area contributed by atoms with Crippen LogP contribution in [0.5, 0.6) is 0 Å². The number of rotatable bonds is 4. The van der Waals surface area contributed by atoms with E-state index in [0.29, 0.717) is 11.0 Å². The maximum Gasteiger partial charge on any atom is 0.325 e. The predicted octanol–water partition coefficient (Wildman–Crippen LogP) is 3.98. The molecule has 0 saturated carbocycles. The number of amides is 2. The van der Waals surface area contributed by atoms with Crippen LogP contribution in [0.2, 0.25) is 0 Å². The van der Waals surface area contributed by atoms with Crippen LogP contribution in [0.3, 0.4) is 0 Å². The van der Waals surface area contributed by atoms with E-state index in [1.807, 2.05) is 24.3 Å². The van der Waals surface area contributed by atoms with Crippen molar-refractivity contribution in [2.45, 2.75) is 33.1 Å². The summed E-state index contributed by atoms with van der Waals surface area (Å²) in [6, 6.07) is 7.51. The number of hydrogen-bond acceptors (Lipinski definition) is 5. The zero-order valence-corrected chi connectivity index (χ0v) is 14.9. The van der Waals surface area contributed by atoms with Gasteiger partial charge >= 0.3 is 6.03 Å². The second-order valence-electron chi connectivity index (χ2n) is 6.17. The van der Waals surface area contributed by atoms with Crippen LogP contribution >= 0.6 is 11.3 Å². The molecule has 1 saturated heterocycles. The first-order valence-corrected chi connectivity index (χ1v) is 9.21. The molecule has 1 fully saturated rings. The highest BCUT2D eigenvalue weighted by atomic mass is 32.1. The lowest BCUT2D eigenvalue weighted by molar-refractivity contribution is 0.262. The van der Waals surface area contributed by atoms with Gasteiger partial charge in [0.2, 0.25) is 10.3 Å². The van der Waals surface area contributed by atoms with Gasteiger partial charge in [0.15, 0.2) is 0 Å². The number of aryl methyl sites for hydroxylation is 1. The molecule has 1 aromatic carbocycles. The second-order valence-corrected chi connectivity index (χ2v) is 7.13. The van der Waals surface area contributed by atoms with Crippen molar-refractivity contribution in [3.8, 4) is 0 Å². The van der Waals surface area contributed by atoms with E-state index in [1.165, 1.54) is 24.2 Å². The molecule has 0 bridgehead atoms. The molecular formula is C17H23N5OS. The number of anilines is 3. The highest BCUT2D eigenvalue weighted by Gasteiger charge is 2.20. The Bertz CT molecular complexity index is 702. The third kappa shape index (κ3) is 4.03. The minimum atomic E-state index is -0.286. The first-order valence-electron chi connectivity index (χ1n) is 8.40. The molecule has 2 heterocycles. The lowest BCUT2D eigenvalue weighted by atomic mass is 10.0. The van der Waals surface area contributed by atoms with Crippen molar-refractivity contribution in [1.82, 2.24) is 10.2 Å². The smallest absolute Gasteiger partial charge is 0.325 e. The number of nitrogens with one attached hydrogen (secondary N) is 2. The van der Waals surface area contributed by atoms with Gasteiger partial charge in [-0.1, -0.05) is 43.4 Å². The summed E-state index contributed by atoms with van der Waals surface area (Å²) in [5.41, 5.74) is 1.93. The van der Waals surface area contributed by atoms with E-state index in [2.05, 4.69) is 39.6 Å². The minimum Gasteiger partial charge on any atom is -0.346 e. The number of para-hydroxylation sites is 1. The maximum atomic E-state index is 12.2. The fourth-order valence-electron chi connectivity index (χ4n) is 2.96. The Hall–Kier alpha value is -2.15. The van der Waals surface area contributed by atoms with E-state index >= 15 is 0 Å². The van der Waals surface area contributed by atoms with Crippen LogP contribution in [-0.2, 0) is 6.42 Å². The Balaban J connectivity index is 1.61. The largest absolute Gasteiger partial charge is 0.346 e. The van der Waals surface area contributed by atoms with Gasteiger partial charge in [-0.3, -0.25) is 5.32 Å². The van der Waals surface area contributed by atoms with Crippen LogP contribution in [0.15, 0.2) is 24.3 Å². The molecule has 0 radical (unpaired) electrons. The molecule has 7 heteroatoms. The Kier molecular flexibility index (Phi) is 5.30. The molecule has 128 valence electrons. The van der Waals surface area contributed by atoms with E-state index in [9.17, 15) is 4.79 Å². The molecule has 1 atom stereocenters. The van der Waals surface area contributed by atoms with Crippen molar-refractivity contribution in [2.24, 2.45) is 5.92 Å². The molecule has 1 aromatic heterocycles. The lowest BCUT2D eigenvalue weighted by Crippen LogP contribution is -2.34. The van der Waals surface area contributed by atoms with Crippen LogP contribution < -0.4 is 15.5 Å². The summed E-state index contributed by atoms with van der Waals surface area (Å²) < 4.78 is 0. The molecule has 6 nitrogen and oxygen atoms in total. The monoisotopic (exact) mass is 345 g/mol. The molecular weight excluding hydrogens is 322 g/mol. The Morgan fingerprint density at radius 2 is 2.17 bits per heavy atom. The molecule has 1 aliphatic heterocycles. The summed E-state index contributed by atoms with van der Waals surface area (Å²) in [4.78, 5) is 14.4. The maximum absolute atomic E-state index is 12.2. The number of nitrogens with zero attached hydrogens (tertiary/aromatic N) is 3. The van der Waals surface area contributed by atoms with Crippen molar-refractivity contribution in [3.05, 3.63) is 29.8 Å². The zero-order chi connectivity index (χ0) is 16.9. The number of carbonyl (C=O) groups excluding carboxylic acids is 1. The van der Waals surface area contributed by atoms with Crippen molar-refractivity contribution in [1.29, 1.82) is 0 Å². The molecule has 0 aliphatic carbocycles. The third-order valence-corrected chi connectivity index (χ3v) is 5.11. The number of urea groups is 1. The number of benzene rings is 1. The third-order valence-electron chi connectivity index (χ3n) is 4.21. The number of aromatic nitrogens is 2. The van der Waals surface area contributed by atoms with Gasteiger partial charge in [0, 0.05) is 18.8 Å². The van der Waals surface area contributed by atoms with Crippen molar-refractivity contribution < 1.29 is 4.79 Å². The lowest BCUT2D eigenvalue weighted by Gasteiger charge is -2.29. The molecule has 2 N–H and O–H groups in total. The van der Waals surface area contributed by atoms with Crippen LogP contribution in [0.4, 0.5) is 20.7 Å². The van der Waals surface area contributed by atoms with Crippen LogP contribution in [-0.4, -0.2) is 29.3 Å². The van der Waals surface area contributed by atoms with Gasteiger partial charge in [0.1, 0.15) is 0 Å². The average molecular weight is 345 g/mol. The molecule has 24 heavy (non-hydrogen) atoms. The number of carbonyl (C=O) groups is 1. The number of piperidine rings is 1. The first-order chi connectivity index (χ1) is 11.7. The quantitative estimate of drug-likeness (QED) is 0.879.